The number of para-hydroxylation sites is 1. The van der Waals surface area contributed by atoms with Gasteiger partial charge in [-0.1, -0.05) is 32.0 Å². The molecule has 1 aromatic heterocycles. The Kier molecular flexibility index (Phi) is 6.29. The van der Waals surface area contributed by atoms with Gasteiger partial charge < -0.3 is 5.32 Å². The molecule has 2 aromatic rings. The van der Waals surface area contributed by atoms with Gasteiger partial charge in [-0.3, -0.25) is 4.98 Å². The van der Waals surface area contributed by atoms with Crippen LogP contribution < -0.4 is 5.32 Å². The third kappa shape index (κ3) is 5.59. The minimum Gasteiger partial charge on any atom is -0.301 e. The predicted molar refractivity (Wildman–Crippen MR) is 96.1 cm³/mol. The van der Waals surface area contributed by atoms with E-state index in [9.17, 15) is 8.42 Å². The summed E-state index contributed by atoms with van der Waals surface area (Å²) in [5.74, 6) is 0.353. The monoisotopic (exact) mass is 345 g/mol. The molecular weight excluding hydrogens is 322 g/mol. The molecule has 1 aromatic carbocycles. The quantitative estimate of drug-likeness (QED) is 0.744. The zero-order valence-electron chi connectivity index (χ0n) is 14.1. The number of nitriles is 1. The molecule has 0 radical (unpaired) electrons. The summed E-state index contributed by atoms with van der Waals surface area (Å²) in [6, 6.07) is 11.3. The Balaban J connectivity index is 2.11. The van der Waals surface area contributed by atoms with E-state index in [2.05, 4.69) is 10.3 Å². The first-order valence-corrected chi connectivity index (χ1v) is 9.86. The van der Waals surface area contributed by atoms with E-state index in [1.54, 1.807) is 6.20 Å². The summed E-state index contributed by atoms with van der Waals surface area (Å²) in [4.78, 5) is 4.32. The number of nitrogens with zero attached hydrogens (tertiary/aromatic N) is 2. The first kappa shape index (κ1) is 18.4. The van der Waals surface area contributed by atoms with Gasteiger partial charge in [-0.25, -0.2) is 8.42 Å². The van der Waals surface area contributed by atoms with Crippen molar-refractivity contribution in [3.05, 3.63) is 42.1 Å². The van der Waals surface area contributed by atoms with E-state index in [1.807, 2.05) is 50.2 Å². The molecule has 0 unspecified atom stereocenters. The number of nitrogens with one attached hydrogen (secondary N) is 1. The number of hydrogen-bond donors (Lipinski definition) is 1. The second kappa shape index (κ2) is 8.22. The van der Waals surface area contributed by atoms with Crippen LogP contribution >= 0.6 is 0 Å². The minimum atomic E-state index is -3.29. The Morgan fingerprint density at radius 3 is 2.75 bits per heavy atom. The van der Waals surface area contributed by atoms with Gasteiger partial charge in [0.2, 0.25) is 0 Å². The van der Waals surface area contributed by atoms with Crippen LogP contribution in [0.25, 0.3) is 10.9 Å². The van der Waals surface area contributed by atoms with Crippen LogP contribution in [0.15, 0.2) is 36.5 Å². The molecule has 0 saturated heterocycles. The average Bonchev–Trinajstić information content (AvgIpc) is 2.51. The van der Waals surface area contributed by atoms with E-state index in [4.69, 9.17) is 5.26 Å². The van der Waals surface area contributed by atoms with Crippen molar-refractivity contribution < 1.29 is 8.42 Å². The molecule has 0 bridgehead atoms. The molecule has 24 heavy (non-hydrogen) atoms. The lowest BCUT2D eigenvalue weighted by Gasteiger charge is -2.19. The largest absolute Gasteiger partial charge is 0.301 e. The number of pyridine rings is 1. The molecule has 5 nitrogen and oxygen atoms in total. The fourth-order valence-corrected chi connectivity index (χ4v) is 4.43. The van der Waals surface area contributed by atoms with E-state index in [0.717, 1.165) is 17.3 Å². The van der Waals surface area contributed by atoms with Crippen LogP contribution in [0, 0.1) is 17.2 Å². The van der Waals surface area contributed by atoms with E-state index in [1.165, 1.54) is 0 Å². The molecule has 0 fully saturated rings. The number of rotatable bonds is 8. The lowest BCUT2D eigenvalue weighted by molar-refractivity contribution is 0.456. The molecule has 1 N–H and O–H groups in total. The maximum absolute atomic E-state index is 12.5. The van der Waals surface area contributed by atoms with Crippen molar-refractivity contribution in [1.29, 1.82) is 5.26 Å². The Hall–Kier alpha value is -1.97. The van der Waals surface area contributed by atoms with Crippen molar-refractivity contribution in [1.82, 2.24) is 10.3 Å². The normalized spacial score (nSPS) is 13.1. The second-order valence-corrected chi connectivity index (χ2v) is 8.57. The van der Waals surface area contributed by atoms with Gasteiger partial charge in [0.25, 0.3) is 0 Å². The summed E-state index contributed by atoms with van der Waals surface area (Å²) in [7, 11) is -3.29. The van der Waals surface area contributed by atoms with Gasteiger partial charge in [-0.15, -0.1) is 0 Å². The first-order valence-electron chi connectivity index (χ1n) is 8.04. The fraction of sp³-hybridized carbons (Fsp3) is 0.444. The summed E-state index contributed by atoms with van der Waals surface area (Å²) < 4.78 is 25.1. The highest BCUT2D eigenvalue weighted by molar-refractivity contribution is 7.90. The summed E-state index contributed by atoms with van der Waals surface area (Å²) in [5, 5.41) is 12.7. The summed E-state index contributed by atoms with van der Waals surface area (Å²) >= 11 is 0. The van der Waals surface area contributed by atoms with Crippen molar-refractivity contribution in [2.45, 2.75) is 32.1 Å². The highest BCUT2D eigenvalue weighted by Gasteiger charge is 2.20. The fourth-order valence-electron chi connectivity index (χ4n) is 2.78. The molecule has 128 valence electrons. The Bertz CT molecular complexity index is 826. The zero-order chi connectivity index (χ0) is 17.6. The molecule has 0 aliphatic carbocycles. The number of aromatic nitrogens is 1. The van der Waals surface area contributed by atoms with Crippen LogP contribution in [0.4, 0.5) is 0 Å². The van der Waals surface area contributed by atoms with Gasteiger partial charge in [-0.05, 0) is 30.0 Å². The second-order valence-electron chi connectivity index (χ2n) is 6.46. The van der Waals surface area contributed by atoms with Gasteiger partial charge >= 0.3 is 0 Å². The summed E-state index contributed by atoms with van der Waals surface area (Å²) in [6.07, 6.45) is 2.34. The third-order valence-electron chi connectivity index (χ3n) is 3.71. The number of benzene rings is 1. The highest BCUT2D eigenvalue weighted by atomic mass is 32.2. The van der Waals surface area contributed by atoms with Gasteiger partial charge in [0.15, 0.2) is 9.84 Å². The van der Waals surface area contributed by atoms with Gasteiger partial charge in [0, 0.05) is 17.6 Å². The van der Waals surface area contributed by atoms with E-state index in [0.29, 0.717) is 11.5 Å². The molecule has 1 atom stereocenters. The van der Waals surface area contributed by atoms with Crippen LogP contribution in [0.2, 0.25) is 0 Å². The van der Waals surface area contributed by atoms with Crippen LogP contribution in [-0.2, 0) is 15.6 Å². The average molecular weight is 345 g/mol. The van der Waals surface area contributed by atoms with Crippen molar-refractivity contribution in [3.63, 3.8) is 0 Å². The molecule has 0 aliphatic heterocycles. The van der Waals surface area contributed by atoms with Crippen LogP contribution in [0.3, 0.4) is 0 Å². The molecule has 0 aliphatic rings. The molecule has 0 amide bonds. The topological polar surface area (TPSA) is 82.8 Å². The molecule has 2 rings (SSSR count). The van der Waals surface area contributed by atoms with Crippen LogP contribution in [0.5, 0.6) is 0 Å². The van der Waals surface area contributed by atoms with Crippen LogP contribution in [-0.4, -0.2) is 31.7 Å². The smallest absolute Gasteiger partial charge is 0.156 e. The molecule has 0 spiro atoms. The lowest BCUT2D eigenvalue weighted by Crippen LogP contribution is -2.37. The van der Waals surface area contributed by atoms with E-state index >= 15 is 0 Å². The summed E-state index contributed by atoms with van der Waals surface area (Å²) in [5.41, 5.74) is 1.55. The maximum Gasteiger partial charge on any atom is 0.156 e. The summed E-state index contributed by atoms with van der Waals surface area (Å²) in [6.45, 7) is 4.24. The zero-order valence-corrected chi connectivity index (χ0v) is 14.9. The van der Waals surface area contributed by atoms with E-state index < -0.39 is 9.84 Å². The van der Waals surface area contributed by atoms with Crippen molar-refractivity contribution in [2.24, 2.45) is 5.92 Å². The SMILES string of the molecule is CC(C)C[C@@H](CS(=O)(=O)Cc1cnc2ccccc2c1)NCC#N. The van der Waals surface area contributed by atoms with Crippen LogP contribution in [0.1, 0.15) is 25.8 Å². The molecule has 0 saturated carbocycles. The lowest BCUT2D eigenvalue weighted by atomic mass is 10.1. The minimum absolute atomic E-state index is 0.0275. The van der Waals surface area contributed by atoms with E-state index in [-0.39, 0.29) is 24.1 Å². The van der Waals surface area contributed by atoms with Crippen molar-refractivity contribution in [3.8, 4) is 6.07 Å². The Morgan fingerprint density at radius 2 is 2.04 bits per heavy atom. The van der Waals surface area contributed by atoms with Crippen molar-refractivity contribution >= 4 is 20.7 Å². The molecule has 6 heteroatoms. The predicted octanol–water partition coefficient (Wildman–Crippen LogP) is 2.68. The van der Waals surface area contributed by atoms with Crippen molar-refractivity contribution in [2.75, 3.05) is 12.3 Å². The first-order chi connectivity index (χ1) is 11.4. The van der Waals surface area contributed by atoms with Gasteiger partial charge in [-0.2, -0.15) is 5.26 Å². The van der Waals surface area contributed by atoms with Gasteiger partial charge in [0.1, 0.15) is 0 Å². The number of hydrogen-bond acceptors (Lipinski definition) is 5. The van der Waals surface area contributed by atoms with Gasteiger partial charge in [0.05, 0.1) is 29.6 Å². The third-order valence-corrected chi connectivity index (χ3v) is 5.40. The molecular formula is C18H23N3O2S. The standard InChI is InChI=1S/C18H23N3O2S/c1-14(2)9-17(20-8-7-19)13-24(22,23)12-15-10-16-5-3-4-6-18(16)21-11-15/h3-6,10-11,14,17,20H,8-9,12-13H2,1-2H3/t17-/m0/s1. The maximum atomic E-state index is 12.5. The Morgan fingerprint density at radius 1 is 1.29 bits per heavy atom. The number of sulfone groups is 1. The highest BCUT2D eigenvalue weighted by Crippen LogP contribution is 2.16. The molecule has 1 heterocycles. The Labute approximate surface area is 143 Å². The number of fused-ring (bicyclic) bond motifs is 1.